The maximum Gasteiger partial charge on any atom is 0.240 e. The van der Waals surface area contributed by atoms with E-state index in [9.17, 15) is 8.42 Å². The number of rotatable bonds is 4. The maximum absolute atomic E-state index is 12.5. The minimum atomic E-state index is -3.50. The molecule has 0 spiro atoms. The molecule has 1 aliphatic rings. The van der Waals surface area contributed by atoms with Gasteiger partial charge < -0.3 is 4.74 Å². The molecular formula is C14H20BrNO3S. The van der Waals surface area contributed by atoms with Gasteiger partial charge >= 0.3 is 0 Å². The summed E-state index contributed by atoms with van der Waals surface area (Å²) in [7, 11) is -1.95. The van der Waals surface area contributed by atoms with E-state index >= 15 is 0 Å². The van der Waals surface area contributed by atoms with E-state index in [1.807, 2.05) is 0 Å². The van der Waals surface area contributed by atoms with Crippen LogP contribution in [0.1, 0.15) is 33.1 Å². The lowest BCUT2D eigenvalue weighted by Crippen LogP contribution is -2.41. The minimum absolute atomic E-state index is 0.00613. The molecule has 0 bridgehead atoms. The lowest BCUT2D eigenvalue weighted by molar-refractivity contribution is 0.313. The third-order valence-electron chi connectivity index (χ3n) is 3.99. The minimum Gasteiger partial charge on any atom is -0.496 e. The molecule has 0 aliphatic heterocycles. The molecule has 1 N–H and O–H groups in total. The van der Waals surface area contributed by atoms with E-state index in [4.69, 9.17) is 4.74 Å². The van der Waals surface area contributed by atoms with Gasteiger partial charge in [0.25, 0.3) is 0 Å². The predicted molar refractivity (Wildman–Crippen MR) is 82.4 cm³/mol. The summed E-state index contributed by atoms with van der Waals surface area (Å²) in [5.74, 6) is 0.616. The van der Waals surface area contributed by atoms with Crippen LogP contribution in [0, 0.1) is 5.41 Å². The first-order valence-corrected chi connectivity index (χ1v) is 8.90. The standard InChI is InChI=1S/C14H20BrNO3S/c1-14(2)8-4-5-13(14)16-20(17,18)10-6-7-12(19-3)11(15)9-10/h6-7,9,13,16H,4-5,8H2,1-3H3. The number of ether oxygens (including phenoxy) is 1. The van der Waals surface area contributed by atoms with Crippen LogP contribution in [0.4, 0.5) is 0 Å². The zero-order chi connectivity index (χ0) is 15.0. The number of sulfonamides is 1. The van der Waals surface area contributed by atoms with Crippen molar-refractivity contribution in [3.63, 3.8) is 0 Å². The van der Waals surface area contributed by atoms with Crippen molar-refractivity contribution in [3.05, 3.63) is 22.7 Å². The van der Waals surface area contributed by atoms with E-state index in [2.05, 4.69) is 34.5 Å². The van der Waals surface area contributed by atoms with Gasteiger partial charge in [-0.3, -0.25) is 0 Å². The van der Waals surface area contributed by atoms with E-state index in [0.29, 0.717) is 10.2 Å². The second kappa shape index (κ2) is 5.66. The lowest BCUT2D eigenvalue weighted by Gasteiger charge is -2.27. The SMILES string of the molecule is COc1ccc(S(=O)(=O)NC2CCCC2(C)C)cc1Br. The number of halogens is 1. The zero-order valence-corrected chi connectivity index (χ0v) is 14.3. The maximum atomic E-state index is 12.5. The first-order chi connectivity index (χ1) is 9.26. The van der Waals surface area contributed by atoms with Gasteiger partial charge in [-0.25, -0.2) is 13.1 Å². The van der Waals surface area contributed by atoms with E-state index in [0.717, 1.165) is 19.3 Å². The average molecular weight is 362 g/mol. The fourth-order valence-electron chi connectivity index (χ4n) is 2.61. The highest BCUT2D eigenvalue weighted by atomic mass is 79.9. The monoisotopic (exact) mass is 361 g/mol. The smallest absolute Gasteiger partial charge is 0.240 e. The van der Waals surface area contributed by atoms with Gasteiger partial charge in [0.15, 0.2) is 0 Å². The molecule has 20 heavy (non-hydrogen) atoms. The van der Waals surface area contributed by atoms with E-state index < -0.39 is 10.0 Å². The lowest BCUT2D eigenvalue weighted by atomic mass is 9.88. The number of methoxy groups -OCH3 is 1. The van der Waals surface area contributed by atoms with Crippen LogP contribution in [-0.4, -0.2) is 21.6 Å². The predicted octanol–water partition coefficient (Wildman–Crippen LogP) is 3.31. The average Bonchev–Trinajstić information content (AvgIpc) is 2.68. The number of hydrogen-bond acceptors (Lipinski definition) is 3. The zero-order valence-electron chi connectivity index (χ0n) is 11.9. The molecule has 1 aromatic carbocycles. The molecule has 0 radical (unpaired) electrons. The molecule has 0 amide bonds. The van der Waals surface area contributed by atoms with Crippen LogP contribution in [0.2, 0.25) is 0 Å². The van der Waals surface area contributed by atoms with Crippen LogP contribution < -0.4 is 9.46 Å². The Bertz CT molecular complexity index is 598. The fraction of sp³-hybridized carbons (Fsp3) is 0.571. The highest BCUT2D eigenvalue weighted by molar-refractivity contribution is 9.10. The first-order valence-electron chi connectivity index (χ1n) is 6.62. The highest BCUT2D eigenvalue weighted by Gasteiger charge is 2.37. The normalized spacial score (nSPS) is 21.9. The Morgan fingerprint density at radius 3 is 2.60 bits per heavy atom. The van der Waals surface area contributed by atoms with Crippen LogP contribution in [0.3, 0.4) is 0 Å². The summed E-state index contributed by atoms with van der Waals surface area (Å²) in [5, 5.41) is 0. The molecular weight excluding hydrogens is 342 g/mol. The Morgan fingerprint density at radius 1 is 1.40 bits per heavy atom. The van der Waals surface area contributed by atoms with E-state index in [-0.39, 0.29) is 16.4 Å². The van der Waals surface area contributed by atoms with Gasteiger partial charge in [-0.1, -0.05) is 20.3 Å². The van der Waals surface area contributed by atoms with Gasteiger partial charge in [0.05, 0.1) is 16.5 Å². The van der Waals surface area contributed by atoms with Crippen LogP contribution in [0.15, 0.2) is 27.6 Å². The van der Waals surface area contributed by atoms with Crippen molar-refractivity contribution in [3.8, 4) is 5.75 Å². The van der Waals surface area contributed by atoms with Crippen molar-refractivity contribution in [2.24, 2.45) is 5.41 Å². The van der Waals surface area contributed by atoms with Crippen molar-refractivity contribution in [2.45, 2.75) is 44.0 Å². The number of benzene rings is 1. The van der Waals surface area contributed by atoms with Crippen LogP contribution in [0.5, 0.6) is 5.75 Å². The van der Waals surface area contributed by atoms with Crippen LogP contribution >= 0.6 is 15.9 Å². The molecule has 6 heteroatoms. The number of nitrogens with one attached hydrogen (secondary N) is 1. The molecule has 4 nitrogen and oxygen atoms in total. The Hall–Kier alpha value is -0.590. The van der Waals surface area contributed by atoms with Crippen molar-refractivity contribution in [2.75, 3.05) is 7.11 Å². The van der Waals surface area contributed by atoms with Crippen molar-refractivity contribution in [1.29, 1.82) is 0 Å². The summed E-state index contributed by atoms with van der Waals surface area (Å²) in [6, 6.07) is 4.78. The van der Waals surface area contributed by atoms with E-state index in [1.165, 1.54) is 0 Å². The summed E-state index contributed by atoms with van der Waals surface area (Å²) in [6.45, 7) is 4.22. The Morgan fingerprint density at radius 2 is 2.10 bits per heavy atom. The molecule has 1 aromatic rings. The second-order valence-corrected chi connectivity index (χ2v) is 8.42. The molecule has 1 unspecified atom stereocenters. The Balaban J connectivity index is 2.25. The molecule has 112 valence electrons. The van der Waals surface area contributed by atoms with Gasteiger partial charge in [0.2, 0.25) is 10.0 Å². The molecule has 2 rings (SSSR count). The summed E-state index contributed by atoms with van der Waals surface area (Å²) in [6.07, 6.45) is 3.00. The summed E-state index contributed by atoms with van der Waals surface area (Å²) in [5.41, 5.74) is 0.0107. The summed E-state index contributed by atoms with van der Waals surface area (Å²) < 4.78 is 33.5. The Kier molecular flexibility index (Phi) is 4.47. The number of hydrogen-bond donors (Lipinski definition) is 1. The van der Waals surface area contributed by atoms with Gasteiger partial charge in [-0.05, 0) is 52.4 Å². The third-order valence-corrected chi connectivity index (χ3v) is 6.08. The van der Waals surface area contributed by atoms with Crippen molar-refractivity contribution in [1.82, 2.24) is 4.72 Å². The molecule has 0 aromatic heterocycles. The Labute approximate surface area is 129 Å². The first kappa shape index (κ1) is 15.8. The van der Waals surface area contributed by atoms with Crippen molar-refractivity contribution >= 4 is 26.0 Å². The second-order valence-electron chi connectivity index (χ2n) is 5.85. The topological polar surface area (TPSA) is 55.4 Å². The molecule has 0 saturated heterocycles. The van der Waals surface area contributed by atoms with Gasteiger partial charge in [0.1, 0.15) is 5.75 Å². The summed E-state index contributed by atoms with van der Waals surface area (Å²) >= 11 is 3.32. The fourth-order valence-corrected chi connectivity index (χ4v) is 4.77. The molecule has 1 fully saturated rings. The highest BCUT2D eigenvalue weighted by Crippen LogP contribution is 2.38. The van der Waals surface area contributed by atoms with Gasteiger partial charge in [-0.15, -0.1) is 0 Å². The van der Waals surface area contributed by atoms with Gasteiger partial charge in [-0.2, -0.15) is 0 Å². The molecule has 1 atom stereocenters. The van der Waals surface area contributed by atoms with Crippen molar-refractivity contribution < 1.29 is 13.2 Å². The van der Waals surface area contributed by atoms with Gasteiger partial charge in [0, 0.05) is 6.04 Å². The third kappa shape index (κ3) is 3.18. The largest absolute Gasteiger partial charge is 0.496 e. The van der Waals surface area contributed by atoms with Crippen LogP contribution in [-0.2, 0) is 10.0 Å². The van der Waals surface area contributed by atoms with E-state index in [1.54, 1.807) is 25.3 Å². The van der Waals surface area contributed by atoms with Crippen LogP contribution in [0.25, 0.3) is 0 Å². The summed E-state index contributed by atoms with van der Waals surface area (Å²) in [4.78, 5) is 0.257. The molecule has 1 saturated carbocycles. The molecule has 0 heterocycles. The quantitative estimate of drug-likeness (QED) is 0.894. The molecule has 1 aliphatic carbocycles.